The van der Waals surface area contributed by atoms with Crippen LogP contribution in [0.4, 0.5) is 0 Å². The second kappa shape index (κ2) is 7.92. The predicted molar refractivity (Wildman–Crippen MR) is 81.1 cm³/mol. The molecule has 5 heteroatoms. The molecule has 4 nitrogen and oxygen atoms in total. The van der Waals surface area contributed by atoms with Gasteiger partial charge in [-0.25, -0.2) is 0 Å². The zero-order valence-corrected chi connectivity index (χ0v) is 12.7. The Labute approximate surface area is 120 Å². The second-order valence-electron chi connectivity index (χ2n) is 4.35. The van der Waals surface area contributed by atoms with Gasteiger partial charge >= 0.3 is 0 Å². The highest BCUT2D eigenvalue weighted by Gasteiger charge is 2.21. The van der Waals surface area contributed by atoms with Crippen molar-refractivity contribution in [3.63, 3.8) is 0 Å². The largest absolute Gasteiger partial charge is 0.377 e. The van der Waals surface area contributed by atoms with Gasteiger partial charge in [-0.2, -0.15) is 0 Å². The van der Waals surface area contributed by atoms with Gasteiger partial charge in [0.15, 0.2) is 5.96 Å². The highest BCUT2D eigenvalue weighted by atomic mass is 127. The third kappa shape index (κ3) is 5.72. The number of nitrogens with one attached hydrogen (secondary N) is 2. The third-order valence-corrected chi connectivity index (χ3v) is 2.94. The summed E-state index contributed by atoms with van der Waals surface area (Å²) in [5.74, 6) is 0.940. The van der Waals surface area contributed by atoms with E-state index >= 15 is 0 Å². The van der Waals surface area contributed by atoms with Crippen LogP contribution >= 0.6 is 24.0 Å². The van der Waals surface area contributed by atoms with E-state index in [2.05, 4.69) is 21.7 Å². The van der Waals surface area contributed by atoms with Crippen LogP contribution in [0.5, 0.6) is 0 Å². The van der Waals surface area contributed by atoms with Crippen LogP contribution in [0.2, 0.25) is 0 Å². The molecule has 0 unspecified atom stereocenters. The Bertz CT molecular complexity index is 287. The lowest BCUT2D eigenvalue weighted by atomic mass is 10.1. The first-order valence-corrected chi connectivity index (χ1v) is 6.11. The molecular weight excluding hydrogens is 329 g/mol. The van der Waals surface area contributed by atoms with Gasteiger partial charge in [0, 0.05) is 19.6 Å². The van der Waals surface area contributed by atoms with Crippen molar-refractivity contribution in [2.24, 2.45) is 4.99 Å². The summed E-state index contributed by atoms with van der Waals surface area (Å²) in [4.78, 5) is 4.20. The van der Waals surface area contributed by atoms with E-state index < -0.39 is 0 Å². The number of rotatable bonds is 4. The van der Waals surface area contributed by atoms with E-state index in [1.165, 1.54) is 18.4 Å². The number of aliphatic imine (C=N–C) groups is 1. The molecule has 2 aliphatic rings. The maximum absolute atomic E-state index is 5.28. The number of guanidine groups is 1. The zero-order chi connectivity index (χ0) is 11.2. The van der Waals surface area contributed by atoms with Gasteiger partial charge in [0.1, 0.15) is 0 Å². The van der Waals surface area contributed by atoms with Gasteiger partial charge in [-0.1, -0.05) is 11.6 Å². The first-order chi connectivity index (χ1) is 7.88. The summed E-state index contributed by atoms with van der Waals surface area (Å²) in [5, 5.41) is 6.72. The molecule has 1 heterocycles. The molecule has 0 bridgehead atoms. The van der Waals surface area contributed by atoms with Gasteiger partial charge in [0.25, 0.3) is 0 Å². The highest BCUT2D eigenvalue weighted by molar-refractivity contribution is 14.0. The van der Waals surface area contributed by atoms with Crippen LogP contribution in [0.15, 0.2) is 16.6 Å². The first-order valence-electron chi connectivity index (χ1n) is 6.11. The van der Waals surface area contributed by atoms with Crippen molar-refractivity contribution in [1.29, 1.82) is 0 Å². The SMILES string of the molecule is CN=C(NCCC1=CCOCC1)NC1CC1.I. The van der Waals surface area contributed by atoms with Gasteiger partial charge in [0.05, 0.1) is 13.2 Å². The van der Waals surface area contributed by atoms with Crippen molar-refractivity contribution < 1.29 is 4.74 Å². The number of nitrogens with zero attached hydrogens (tertiary/aromatic N) is 1. The quantitative estimate of drug-likeness (QED) is 0.351. The molecule has 0 aromatic heterocycles. The molecular formula is C12H22IN3O. The van der Waals surface area contributed by atoms with Crippen LogP contribution in [0.1, 0.15) is 25.7 Å². The van der Waals surface area contributed by atoms with E-state index in [1.54, 1.807) is 0 Å². The minimum Gasteiger partial charge on any atom is -0.377 e. The Morgan fingerprint density at radius 3 is 2.94 bits per heavy atom. The van der Waals surface area contributed by atoms with Crippen molar-refractivity contribution in [3.8, 4) is 0 Å². The molecule has 2 N–H and O–H groups in total. The summed E-state index contributed by atoms with van der Waals surface area (Å²) in [6, 6.07) is 0.661. The fourth-order valence-corrected chi connectivity index (χ4v) is 1.75. The molecule has 0 spiro atoms. The van der Waals surface area contributed by atoms with E-state index in [9.17, 15) is 0 Å². The minimum atomic E-state index is 0. The fourth-order valence-electron chi connectivity index (χ4n) is 1.75. The van der Waals surface area contributed by atoms with Crippen molar-refractivity contribution >= 4 is 29.9 Å². The lowest BCUT2D eigenvalue weighted by Gasteiger charge is -2.15. The summed E-state index contributed by atoms with van der Waals surface area (Å²) in [7, 11) is 1.82. The van der Waals surface area contributed by atoms with Crippen molar-refractivity contribution in [2.75, 3.05) is 26.8 Å². The van der Waals surface area contributed by atoms with Crippen LogP contribution in [0.25, 0.3) is 0 Å². The van der Waals surface area contributed by atoms with Crippen LogP contribution in [-0.4, -0.2) is 38.8 Å². The molecule has 0 aromatic carbocycles. The van der Waals surface area contributed by atoms with Gasteiger partial charge in [0.2, 0.25) is 0 Å². The van der Waals surface area contributed by atoms with Gasteiger partial charge in [-0.05, 0) is 25.7 Å². The lowest BCUT2D eigenvalue weighted by Crippen LogP contribution is -2.39. The van der Waals surface area contributed by atoms with E-state index in [0.717, 1.165) is 38.6 Å². The van der Waals surface area contributed by atoms with Crippen LogP contribution in [0.3, 0.4) is 0 Å². The van der Waals surface area contributed by atoms with Gasteiger partial charge < -0.3 is 15.4 Å². The molecule has 1 fully saturated rings. The van der Waals surface area contributed by atoms with E-state index in [4.69, 9.17) is 4.74 Å². The number of halogens is 1. The Morgan fingerprint density at radius 2 is 2.35 bits per heavy atom. The predicted octanol–water partition coefficient (Wildman–Crippen LogP) is 1.67. The number of hydrogen-bond donors (Lipinski definition) is 2. The standard InChI is InChI=1S/C12H21N3O.HI/c1-13-12(15-11-2-3-11)14-7-4-10-5-8-16-9-6-10;/h5,11H,2-4,6-9H2,1H3,(H2,13,14,15);1H. The van der Waals surface area contributed by atoms with Crippen LogP contribution in [0, 0.1) is 0 Å². The van der Waals surface area contributed by atoms with Crippen LogP contribution in [-0.2, 0) is 4.74 Å². The molecule has 0 aromatic rings. The maximum Gasteiger partial charge on any atom is 0.191 e. The average molecular weight is 351 g/mol. The van der Waals surface area contributed by atoms with Crippen LogP contribution < -0.4 is 10.6 Å². The van der Waals surface area contributed by atoms with Gasteiger partial charge in [-0.3, -0.25) is 4.99 Å². The summed E-state index contributed by atoms with van der Waals surface area (Å²) in [5.41, 5.74) is 1.50. The second-order valence-corrected chi connectivity index (χ2v) is 4.35. The van der Waals surface area contributed by atoms with Gasteiger partial charge in [-0.15, -0.1) is 24.0 Å². The molecule has 2 rings (SSSR count). The summed E-state index contributed by atoms with van der Waals surface area (Å²) < 4.78 is 5.28. The molecule has 0 atom stereocenters. The molecule has 1 aliphatic heterocycles. The molecule has 1 aliphatic carbocycles. The molecule has 0 radical (unpaired) electrons. The Balaban J connectivity index is 0.00000144. The lowest BCUT2D eigenvalue weighted by molar-refractivity contribution is 0.153. The molecule has 0 amide bonds. The molecule has 1 saturated carbocycles. The monoisotopic (exact) mass is 351 g/mol. The highest BCUT2D eigenvalue weighted by Crippen LogP contribution is 2.18. The third-order valence-electron chi connectivity index (χ3n) is 2.94. The minimum absolute atomic E-state index is 0. The van der Waals surface area contributed by atoms with E-state index in [-0.39, 0.29) is 24.0 Å². The Morgan fingerprint density at radius 1 is 1.53 bits per heavy atom. The van der Waals surface area contributed by atoms with E-state index in [1.807, 2.05) is 7.05 Å². The Hall–Kier alpha value is -0.300. The fraction of sp³-hybridized carbons (Fsp3) is 0.750. The Kier molecular flexibility index (Phi) is 6.87. The topological polar surface area (TPSA) is 45.7 Å². The molecule has 98 valence electrons. The maximum atomic E-state index is 5.28. The van der Waals surface area contributed by atoms with E-state index in [0.29, 0.717) is 6.04 Å². The average Bonchev–Trinajstić information content (AvgIpc) is 3.13. The summed E-state index contributed by atoms with van der Waals surface area (Å²) in [6.45, 7) is 2.61. The zero-order valence-electron chi connectivity index (χ0n) is 10.4. The summed E-state index contributed by atoms with van der Waals surface area (Å²) >= 11 is 0. The first kappa shape index (κ1) is 14.8. The number of hydrogen-bond acceptors (Lipinski definition) is 2. The van der Waals surface area contributed by atoms with Crippen molar-refractivity contribution in [2.45, 2.75) is 31.7 Å². The normalized spacial score (nSPS) is 20.3. The smallest absolute Gasteiger partial charge is 0.191 e. The molecule has 17 heavy (non-hydrogen) atoms. The number of ether oxygens (including phenoxy) is 1. The van der Waals surface area contributed by atoms with Crippen molar-refractivity contribution in [3.05, 3.63) is 11.6 Å². The summed E-state index contributed by atoms with van der Waals surface area (Å²) in [6.07, 6.45) is 6.93. The molecule has 0 saturated heterocycles. The van der Waals surface area contributed by atoms with Crippen molar-refractivity contribution in [1.82, 2.24) is 10.6 Å².